The summed E-state index contributed by atoms with van der Waals surface area (Å²) in [5.41, 5.74) is 9.34. The Hall–Kier alpha value is -5.71. The van der Waals surface area contributed by atoms with Crippen LogP contribution in [-0.4, -0.2) is 61.1 Å². The molecule has 7 rings (SSSR count). The van der Waals surface area contributed by atoms with Crippen LogP contribution in [0.3, 0.4) is 0 Å². The lowest BCUT2D eigenvalue weighted by molar-refractivity contribution is -0.118. The first-order valence-electron chi connectivity index (χ1n) is 19.8. The first-order valence-corrected chi connectivity index (χ1v) is 19.8. The maximum absolute atomic E-state index is 11.3. The van der Waals surface area contributed by atoms with E-state index in [-0.39, 0.29) is 34.2 Å². The number of methoxy groups -OCH3 is 4. The Morgan fingerprint density at radius 3 is 1.66 bits per heavy atom. The first kappa shape index (κ1) is 46.0. The van der Waals surface area contributed by atoms with Crippen molar-refractivity contribution in [2.75, 3.05) is 40.4 Å². The highest BCUT2D eigenvalue weighted by Gasteiger charge is 2.25. The Labute approximate surface area is 350 Å². The lowest BCUT2D eigenvalue weighted by Crippen LogP contribution is -2.26. The van der Waals surface area contributed by atoms with E-state index < -0.39 is 0 Å². The molecule has 2 aromatic heterocycles. The fourth-order valence-electron chi connectivity index (χ4n) is 6.08. The Morgan fingerprint density at radius 2 is 1.12 bits per heavy atom. The highest BCUT2D eigenvalue weighted by Crippen LogP contribution is 2.42. The van der Waals surface area contributed by atoms with E-state index in [0.717, 1.165) is 27.7 Å². The summed E-state index contributed by atoms with van der Waals surface area (Å²) in [5.74, 6) is 3.18. The van der Waals surface area contributed by atoms with Crippen LogP contribution in [0.25, 0.3) is 21.9 Å². The molecule has 318 valence electrons. The van der Waals surface area contributed by atoms with Crippen LogP contribution in [0.2, 0.25) is 0 Å². The van der Waals surface area contributed by atoms with E-state index in [4.69, 9.17) is 23.7 Å². The van der Waals surface area contributed by atoms with Crippen molar-refractivity contribution < 1.29 is 28.5 Å². The third kappa shape index (κ3) is 11.9. The quantitative estimate of drug-likeness (QED) is 0.160. The zero-order valence-electron chi connectivity index (χ0n) is 38.0. The minimum Gasteiger partial charge on any atom is -0.493 e. The van der Waals surface area contributed by atoms with Gasteiger partial charge in [0.2, 0.25) is 5.75 Å². The fourth-order valence-corrected chi connectivity index (χ4v) is 6.08. The molecule has 0 spiro atoms. The van der Waals surface area contributed by atoms with E-state index in [9.17, 15) is 4.79 Å². The van der Waals surface area contributed by atoms with Crippen LogP contribution in [0.15, 0.2) is 73.2 Å². The minimum atomic E-state index is -0.134. The van der Waals surface area contributed by atoms with Crippen molar-refractivity contribution in [3.05, 3.63) is 95.4 Å². The molecule has 0 saturated carbocycles. The number of hydrogen-bond donors (Lipinski definition) is 3. The number of fused-ring (bicyclic) bond motifs is 3. The topological polar surface area (TPSA) is 133 Å². The number of amides is 1. The van der Waals surface area contributed by atoms with Gasteiger partial charge >= 0.3 is 0 Å². The molecule has 0 fully saturated rings. The summed E-state index contributed by atoms with van der Waals surface area (Å²) in [4.78, 5) is 18.6. The Balaban J connectivity index is 0.000000175. The zero-order valence-corrected chi connectivity index (χ0v) is 38.0. The van der Waals surface area contributed by atoms with Crippen LogP contribution in [0.5, 0.6) is 28.7 Å². The highest BCUT2D eigenvalue weighted by atomic mass is 16.5. The number of ether oxygens (including phenoxy) is 5. The van der Waals surface area contributed by atoms with E-state index >= 15 is 0 Å². The maximum atomic E-state index is 11.3. The molecule has 0 bridgehead atoms. The molecule has 1 aliphatic rings. The molecule has 59 heavy (non-hydrogen) atoms. The van der Waals surface area contributed by atoms with Crippen LogP contribution in [0, 0.1) is 0 Å². The number of carbonyl (C=O) groups excluding carboxylic acids is 1. The molecular weight excluding hydrogens is 743 g/mol. The molecule has 4 aromatic carbocycles. The number of hydrogen-bond acceptors (Lipinski definition) is 8. The third-order valence-electron chi connectivity index (χ3n) is 9.89. The number of carbonyl (C=O) groups is 1. The molecular formula is C48H65N5O6. The van der Waals surface area contributed by atoms with Gasteiger partial charge in [0.05, 0.1) is 63.2 Å². The number of nitrogens with zero attached hydrogens (tertiary/aromatic N) is 2. The Bertz CT molecular complexity index is 2220. The third-order valence-corrected chi connectivity index (χ3v) is 9.89. The molecule has 0 saturated heterocycles. The molecule has 11 heteroatoms. The summed E-state index contributed by atoms with van der Waals surface area (Å²) < 4.78 is 26.6. The number of benzene rings is 4. The average Bonchev–Trinajstić information content (AvgIpc) is 3.85. The molecule has 6 aromatic rings. The van der Waals surface area contributed by atoms with E-state index in [2.05, 4.69) is 145 Å². The van der Waals surface area contributed by atoms with Gasteiger partial charge in [-0.15, -0.1) is 0 Å². The fraction of sp³-hybridized carbons (Fsp3) is 0.438. The number of aromatic nitrogens is 4. The van der Waals surface area contributed by atoms with Gasteiger partial charge in [-0.2, -0.15) is 5.10 Å². The van der Waals surface area contributed by atoms with E-state index in [0.29, 0.717) is 34.4 Å². The predicted molar refractivity (Wildman–Crippen MR) is 240 cm³/mol. The van der Waals surface area contributed by atoms with Crippen molar-refractivity contribution >= 4 is 33.5 Å². The van der Waals surface area contributed by atoms with Gasteiger partial charge in [0.1, 0.15) is 0 Å². The van der Waals surface area contributed by atoms with E-state index in [1.807, 2.05) is 30.5 Å². The van der Waals surface area contributed by atoms with Gasteiger partial charge in [-0.25, -0.2) is 4.98 Å². The highest BCUT2D eigenvalue weighted by molar-refractivity contribution is 5.96. The Morgan fingerprint density at radius 1 is 0.593 bits per heavy atom. The van der Waals surface area contributed by atoms with Crippen LogP contribution >= 0.6 is 0 Å². The van der Waals surface area contributed by atoms with Gasteiger partial charge in [0.25, 0.3) is 5.91 Å². The molecule has 3 heterocycles. The van der Waals surface area contributed by atoms with Crippen molar-refractivity contribution in [2.45, 2.75) is 105 Å². The van der Waals surface area contributed by atoms with Crippen LogP contribution in [0.4, 0.5) is 5.69 Å². The molecule has 3 N–H and O–H groups in total. The number of aromatic amines is 2. The summed E-state index contributed by atoms with van der Waals surface area (Å²) in [6.45, 7) is 26.1. The van der Waals surface area contributed by atoms with Crippen LogP contribution in [-0.2, 0) is 26.5 Å². The van der Waals surface area contributed by atoms with Crippen LogP contribution < -0.4 is 29.0 Å². The lowest BCUT2D eigenvalue weighted by Gasteiger charge is -2.25. The van der Waals surface area contributed by atoms with Gasteiger partial charge in [-0.3, -0.25) is 9.89 Å². The van der Waals surface area contributed by atoms with Crippen molar-refractivity contribution in [1.82, 2.24) is 20.2 Å². The van der Waals surface area contributed by atoms with Crippen LogP contribution in [0.1, 0.15) is 105 Å². The number of rotatable bonds is 4. The SMILES string of the molecule is CC(C)(C)c1ccc2[nH]ncc2c1.CC(C)(C)c1ccc2nc[nH]c2c1.COc1cc(C(C)(C)C)cc(OC)c1OC.COc1cc(C(C)(C)C)cc2c1OCC(=O)N2. The second kappa shape index (κ2) is 18.5. The molecule has 0 radical (unpaired) electrons. The lowest BCUT2D eigenvalue weighted by atomic mass is 9.86. The predicted octanol–water partition coefficient (Wildman–Crippen LogP) is 11.1. The van der Waals surface area contributed by atoms with Gasteiger partial charge in [0, 0.05) is 5.39 Å². The molecule has 11 nitrogen and oxygen atoms in total. The minimum absolute atomic E-state index is 0.00944. The molecule has 1 aliphatic heterocycles. The standard InChI is InChI=1S/C13H17NO3.C13H20O3.2C11H14N2/c1-13(2,3)8-5-9-12(10(6-8)16-4)17-7-11(15)14-9;1-13(2,3)9-7-10(14-4)12(16-6)11(8-9)15-5;1-11(2,3)9-4-5-10-8(6-9)7-12-13-10;1-11(2,3)8-4-5-9-10(6-8)13-7-12-9/h5-6H,7H2,1-4H3,(H,14,15);7-8H,1-6H3;2*4-7H,1-3H3,(H,12,13). The van der Waals surface area contributed by atoms with Gasteiger partial charge in [-0.1, -0.05) is 95.2 Å². The monoisotopic (exact) mass is 807 g/mol. The molecule has 0 unspecified atom stereocenters. The number of anilines is 1. The zero-order chi connectivity index (χ0) is 43.9. The van der Waals surface area contributed by atoms with E-state index in [1.54, 1.807) is 34.8 Å². The average molecular weight is 808 g/mol. The number of nitrogens with one attached hydrogen (secondary N) is 3. The number of H-pyrrole nitrogens is 2. The van der Waals surface area contributed by atoms with Gasteiger partial charge < -0.3 is 34.0 Å². The summed E-state index contributed by atoms with van der Waals surface area (Å²) in [7, 11) is 6.46. The Kier molecular flexibility index (Phi) is 14.4. The second-order valence-corrected chi connectivity index (χ2v) is 18.6. The van der Waals surface area contributed by atoms with Crippen molar-refractivity contribution in [1.29, 1.82) is 0 Å². The van der Waals surface area contributed by atoms with Crippen molar-refractivity contribution in [3.63, 3.8) is 0 Å². The summed E-state index contributed by atoms with van der Waals surface area (Å²) in [5, 5.41) is 10.9. The smallest absolute Gasteiger partial charge is 0.262 e. The second-order valence-electron chi connectivity index (χ2n) is 18.6. The molecule has 1 amide bonds. The first-order chi connectivity index (χ1) is 27.5. The summed E-state index contributed by atoms with van der Waals surface area (Å²) >= 11 is 0. The number of imidazole rings is 1. The molecule has 0 aliphatic carbocycles. The van der Waals surface area contributed by atoms with Crippen molar-refractivity contribution in [2.24, 2.45) is 0 Å². The normalized spacial score (nSPS) is 12.6. The summed E-state index contributed by atoms with van der Waals surface area (Å²) in [6.07, 6.45) is 3.60. The van der Waals surface area contributed by atoms with Gasteiger partial charge in [-0.05, 0) is 92.4 Å². The maximum Gasteiger partial charge on any atom is 0.262 e. The molecule has 0 atom stereocenters. The van der Waals surface area contributed by atoms with Gasteiger partial charge in [0.15, 0.2) is 29.6 Å². The summed E-state index contributed by atoms with van der Waals surface area (Å²) in [6, 6.07) is 20.7. The van der Waals surface area contributed by atoms with E-state index in [1.165, 1.54) is 16.5 Å². The van der Waals surface area contributed by atoms with Crippen molar-refractivity contribution in [3.8, 4) is 28.7 Å². The largest absolute Gasteiger partial charge is 0.493 e.